The summed E-state index contributed by atoms with van der Waals surface area (Å²) in [5.74, 6) is -3.81. The molecule has 1 aliphatic heterocycles. The van der Waals surface area contributed by atoms with Crippen LogP contribution in [0.25, 0.3) is 0 Å². The first-order valence-corrected chi connectivity index (χ1v) is 6.20. The highest BCUT2D eigenvalue weighted by molar-refractivity contribution is 6.31. The molecule has 1 aliphatic rings. The third-order valence-corrected chi connectivity index (χ3v) is 3.47. The van der Waals surface area contributed by atoms with Gasteiger partial charge in [-0.3, -0.25) is 9.59 Å². The number of hydrogen-bond donors (Lipinski definition) is 3. The number of amides is 2. The molecule has 0 spiro atoms. The number of carbonyl (C=O) groups excluding carboxylic acids is 2. The van der Waals surface area contributed by atoms with Crippen LogP contribution < -0.4 is 10.2 Å². The van der Waals surface area contributed by atoms with Gasteiger partial charge >= 0.3 is 0 Å². The summed E-state index contributed by atoms with van der Waals surface area (Å²) in [5, 5.41) is 20.6. The van der Waals surface area contributed by atoms with Crippen molar-refractivity contribution in [2.75, 3.05) is 11.9 Å². The van der Waals surface area contributed by atoms with Crippen LogP contribution in [0.2, 0.25) is 5.02 Å². The van der Waals surface area contributed by atoms with E-state index in [1.54, 1.807) is 0 Å². The average molecular weight is 321 g/mol. The van der Waals surface area contributed by atoms with E-state index in [9.17, 15) is 28.6 Å². The van der Waals surface area contributed by atoms with Crippen LogP contribution in [0.5, 0.6) is 0 Å². The summed E-state index contributed by atoms with van der Waals surface area (Å²) in [6.07, 6.45) is -3.40. The minimum Gasteiger partial charge on any atom is -0.387 e. The normalized spacial score (nSPS) is 24.9. The second-order valence-electron chi connectivity index (χ2n) is 4.54. The summed E-state index contributed by atoms with van der Waals surface area (Å²) in [4.78, 5) is 24.1. The van der Waals surface area contributed by atoms with Crippen LogP contribution in [0.1, 0.15) is 0 Å². The molecular formula is C12H11ClF2N2O4. The maximum atomic E-state index is 13.7. The van der Waals surface area contributed by atoms with Gasteiger partial charge in [0.15, 0.2) is 6.10 Å². The second kappa shape index (κ2) is 5.55. The van der Waals surface area contributed by atoms with Crippen LogP contribution >= 0.6 is 11.6 Å². The van der Waals surface area contributed by atoms with Crippen molar-refractivity contribution in [1.29, 1.82) is 0 Å². The zero-order valence-electron chi connectivity index (χ0n) is 10.7. The first-order chi connectivity index (χ1) is 9.73. The van der Waals surface area contributed by atoms with Gasteiger partial charge in [0.25, 0.3) is 11.8 Å². The molecule has 1 heterocycles. The lowest BCUT2D eigenvalue weighted by atomic mass is 10.1. The number of aliphatic hydroxyl groups is 2. The largest absolute Gasteiger partial charge is 0.387 e. The van der Waals surface area contributed by atoms with Crippen molar-refractivity contribution in [3.05, 3.63) is 28.8 Å². The summed E-state index contributed by atoms with van der Waals surface area (Å²) in [6, 6.07) is -0.00959. The van der Waals surface area contributed by atoms with Crippen LogP contribution in [0, 0.1) is 11.6 Å². The van der Waals surface area contributed by atoms with Crippen molar-refractivity contribution in [3.63, 3.8) is 0 Å². The lowest BCUT2D eigenvalue weighted by molar-refractivity contribution is -0.128. The topological polar surface area (TPSA) is 89.9 Å². The number of aliphatic hydroxyl groups excluding tert-OH is 2. The first kappa shape index (κ1) is 15.6. The molecular weight excluding hydrogens is 310 g/mol. The van der Waals surface area contributed by atoms with Gasteiger partial charge < -0.3 is 20.4 Å². The summed E-state index contributed by atoms with van der Waals surface area (Å²) < 4.78 is 26.8. The van der Waals surface area contributed by atoms with Crippen LogP contribution in [0.15, 0.2) is 12.1 Å². The smallest absolute Gasteiger partial charge is 0.252 e. The fourth-order valence-electron chi connectivity index (χ4n) is 1.97. The van der Waals surface area contributed by atoms with Gasteiger partial charge in [-0.25, -0.2) is 8.78 Å². The maximum Gasteiger partial charge on any atom is 0.252 e. The van der Waals surface area contributed by atoms with E-state index in [1.165, 1.54) is 7.05 Å². The average Bonchev–Trinajstić information content (AvgIpc) is 2.69. The number of halogens is 3. The van der Waals surface area contributed by atoms with Gasteiger partial charge in [0, 0.05) is 13.1 Å². The van der Waals surface area contributed by atoms with Crippen molar-refractivity contribution < 1.29 is 28.6 Å². The van der Waals surface area contributed by atoms with Gasteiger partial charge in [-0.2, -0.15) is 0 Å². The molecule has 3 unspecified atom stereocenters. The standard InChI is InChI=1S/C12H11ClF2N2O4/c1-17(7-2-4(13)5(14)3-6(7)15)12(21)8-9(18)10(19)11(20)16-8/h2-3,8-10,18-19H,1H3,(H,16,20). The molecule has 2 amide bonds. The number of anilines is 1. The fourth-order valence-corrected chi connectivity index (χ4v) is 2.12. The van der Waals surface area contributed by atoms with Crippen molar-refractivity contribution >= 4 is 29.1 Å². The number of rotatable bonds is 2. The monoisotopic (exact) mass is 320 g/mol. The summed E-state index contributed by atoms with van der Waals surface area (Å²) in [5.41, 5.74) is -0.325. The van der Waals surface area contributed by atoms with Crippen molar-refractivity contribution in [2.24, 2.45) is 0 Å². The number of benzene rings is 1. The summed E-state index contributed by atoms with van der Waals surface area (Å²) in [6.45, 7) is 0. The van der Waals surface area contributed by atoms with E-state index in [2.05, 4.69) is 5.32 Å². The molecule has 114 valence electrons. The predicted octanol–water partition coefficient (Wildman–Crippen LogP) is -0.199. The number of nitrogens with zero attached hydrogens (tertiary/aromatic N) is 1. The lowest BCUT2D eigenvalue weighted by Gasteiger charge is -2.23. The molecule has 6 nitrogen and oxygen atoms in total. The van der Waals surface area contributed by atoms with Crippen LogP contribution in [0.4, 0.5) is 14.5 Å². The van der Waals surface area contributed by atoms with E-state index in [0.29, 0.717) is 6.07 Å². The van der Waals surface area contributed by atoms with Gasteiger partial charge in [-0.1, -0.05) is 11.6 Å². The molecule has 3 atom stereocenters. The van der Waals surface area contributed by atoms with Gasteiger partial charge in [-0.15, -0.1) is 0 Å². The van der Waals surface area contributed by atoms with Crippen molar-refractivity contribution in [1.82, 2.24) is 5.32 Å². The van der Waals surface area contributed by atoms with E-state index < -0.39 is 41.7 Å². The Hall–Kier alpha value is -1.77. The third kappa shape index (κ3) is 2.69. The molecule has 21 heavy (non-hydrogen) atoms. The Morgan fingerprint density at radius 1 is 1.33 bits per heavy atom. The minimum atomic E-state index is -1.74. The highest BCUT2D eigenvalue weighted by Crippen LogP contribution is 2.26. The van der Waals surface area contributed by atoms with Gasteiger partial charge in [0.05, 0.1) is 10.7 Å². The molecule has 1 saturated heterocycles. The Kier molecular flexibility index (Phi) is 4.13. The molecule has 0 bridgehead atoms. The van der Waals surface area contributed by atoms with E-state index in [0.717, 1.165) is 11.0 Å². The molecule has 2 rings (SSSR count). The maximum absolute atomic E-state index is 13.7. The Balaban J connectivity index is 2.28. The van der Waals surface area contributed by atoms with Crippen molar-refractivity contribution in [3.8, 4) is 0 Å². The summed E-state index contributed by atoms with van der Waals surface area (Å²) >= 11 is 5.53. The number of carbonyl (C=O) groups is 2. The quantitative estimate of drug-likeness (QED) is 0.658. The number of nitrogens with one attached hydrogen (secondary N) is 1. The third-order valence-electron chi connectivity index (χ3n) is 3.18. The molecule has 0 saturated carbocycles. The van der Waals surface area contributed by atoms with Crippen molar-refractivity contribution in [2.45, 2.75) is 18.2 Å². The molecule has 0 aliphatic carbocycles. The number of likely N-dealkylation sites (N-methyl/N-ethyl adjacent to an activating group) is 1. The Morgan fingerprint density at radius 2 is 1.95 bits per heavy atom. The molecule has 1 fully saturated rings. The molecule has 1 aromatic rings. The minimum absolute atomic E-state index is 0.325. The molecule has 9 heteroatoms. The summed E-state index contributed by atoms with van der Waals surface area (Å²) in [7, 11) is 1.17. The Morgan fingerprint density at radius 3 is 2.48 bits per heavy atom. The molecule has 0 aromatic heterocycles. The molecule has 0 radical (unpaired) electrons. The molecule has 1 aromatic carbocycles. The number of hydrogen-bond acceptors (Lipinski definition) is 4. The predicted molar refractivity (Wildman–Crippen MR) is 68.7 cm³/mol. The van der Waals surface area contributed by atoms with Gasteiger partial charge in [0.1, 0.15) is 23.8 Å². The highest BCUT2D eigenvalue weighted by atomic mass is 35.5. The van der Waals surface area contributed by atoms with E-state index in [1.807, 2.05) is 0 Å². The van der Waals surface area contributed by atoms with E-state index >= 15 is 0 Å². The lowest BCUT2D eigenvalue weighted by Crippen LogP contribution is -2.48. The molecule has 3 N–H and O–H groups in total. The fraction of sp³-hybridized carbons (Fsp3) is 0.333. The van der Waals surface area contributed by atoms with Crippen LogP contribution in [-0.4, -0.2) is 47.3 Å². The second-order valence-corrected chi connectivity index (χ2v) is 4.94. The first-order valence-electron chi connectivity index (χ1n) is 5.82. The van der Waals surface area contributed by atoms with Crippen LogP contribution in [-0.2, 0) is 9.59 Å². The van der Waals surface area contributed by atoms with Gasteiger partial charge in [-0.05, 0) is 6.07 Å². The zero-order valence-corrected chi connectivity index (χ0v) is 11.4. The Labute approximate surface area is 122 Å². The van der Waals surface area contributed by atoms with Crippen LogP contribution in [0.3, 0.4) is 0 Å². The van der Waals surface area contributed by atoms with E-state index in [4.69, 9.17) is 11.6 Å². The SMILES string of the molecule is CN(C(=O)C1NC(=O)C(O)C1O)c1cc(Cl)c(F)cc1F. The Bertz CT molecular complexity index is 613. The van der Waals surface area contributed by atoms with E-state index in [-0.39, 0.29) is 10.7 Å². The highest BCUT2D eigenvalue weighted by Gasteiger charge is 2.45. The zero-order chi connectivity index (χ0) is 15.9. The van der Waals surface area contributed by atoms with Gasteiger partial charge in [0.2, 0.25) is 0 Å².